The van der Waals surface area contributed by atoms with Crippen molar-refractivity contribution in [1.82, 2.24) is 9.97 Å². The van der Waals surface area contributed by atoms with Crippen molar-refractivity contribution >= 4 is 57.9 Å². The largest absolute Gasteiger partial charge is 0.338 e. The fraction of sp³-hybridized carbons (Fsp3) is 0.158. The standard InChI is InChI=1S/C19H20ClN4O3PS/c1-12-10-13(28(2,3)25)8-9-15(12)23-19-21-11-14(20)18(24-19)22-16-6-4-5-7-17(16)29(26)27/h4-11,29H,1-3H3,(H2,21,22,23,24). The maximum atomic E-state index is 12.3. The van der Waals surface area contributed by atoms with Crippen LogP contribution in [0.2, 0.25) is 5.02 Å². The molecule has 0 unspecified atom stereocenters. The first-order valence-corrected chi connectivity index (χ1v) is 12.8. The molecule has 0 bridgehead atoms. The molecule has 0 fully saturated rings. The molecule has 2 N–H and O–H groups in total. The molecule has 0 saturated carbocycles. The number of hydrogen-bond donors (Lipinski definition) is 3. The van der Waals surface area contributed by atoms with Crippen LogP contribution in [0, 0.1) is 6.92 Å². The minimum atomic E-state index is -2.77. The molecule has 0 radical (unpaired) electrons. The van der Waals surface area contributed by atoms with E-state index in [2.05, 4.69) is 20.6 Å². The summed E-state index contributed by atoms with van der Waals surface area (Å²) in [5, 5.41) is 7.10. The number of halogens is 1. The zero-order valence-corrected chi connectivity index (χ0v) is 18.6. The second-order valence-corrected chi connectivity index (χ2v) is 11.4. The summed E-state index contributed by atoms with van der Waals surface area (Å²) >= 11 is 6.19. The molecule has 0 amide bonds. The van der Waals surface area contributed by atoms with Crippen LogP contribution in [0.15, 0.2) is 53.6 Å². The third kappa shape index (κ3) is 5.15. The molecule has 1 aromatic heterocycles. The molecule has 3 rings (SSSR count). The van der Waals surface area contributed by atoms with Crippen LogP contribution < -0.4 is 15.9 Å². The molecule has 0 spiro atoms. The number of hydrogen-bond acceptors (Lipinski definition) is 7. The highest BCUT2D eigenvalue weighted by molar-refractivity contribution is 7.72. The maximum absolute atomic E-state index is 12.3. The zero-order valence-electron chi connectivity index (χ0n) is 16.0. The first kappa shape index (κ1) is 21.3. The first-order chi connectivity index (χ1) is 13.6. The van der Waals surface area contributed by atoms with Gasteiger partial charge in [0.25, 0.3) is 0 Å². The fourth-order valence-corrected chi connectivity index (χ4v) is 4.24. The molecule has 29 heavy (non-hydrogen) atoms. The minimum Gasteiger partial charge on any atom is -0.338 e. The number of para-hydroxylation sites is 1. The van der Waals surface area contributed by atoms with Gasteiger partial charge in [-0.1, -0.05) is 23.7 Å². The van der Waals surface area contributed by atoms with Gasteiger partial charge in [-0.15, -0.1) is 0 Å². The summed E-state index contributed by atoms with van der Waals surface area (Å²) in [5.41, 5.74) is 2.03. The van der Waals surface area contributed by atoms with Crippen LogP contribution in [0.25, 0.3) is 0 Å². The summed E-state index contributed by atoms with van der Waals surface area (Å²) in [6.07, 6.45) is 1.43. The Bertz CT molecular complexity index is 1190. The summed E-state index contributed by atoms with van der Waals surface area (Å²) in [5.74, 6) is 0.558. The Morgan fingerprint density at radius 2 is 1.76 bits per heavy atom. The van der Waals surface area contributed by atoms with Gasteiger partial charge in [-0.25, -0.2) is 13.4 Å². The lowest BCUT2D eigenvalue weighted by Crippen LogP contribution is -2.07. The summed E-state index contributed by atoms with van der Waals surface area (Å²) in [7, 11) is -5.12. The lowest BCUT2D eigenvalue weighted by atomic mass is 10.2. The molecular weight excluding hydrogens is 431 g/mol. The van der Waals surface area contributed by atoms with E-state index in [1.807, 2.05) is 25.1 Å². The monoisotopic (exact) mass is 450 g/mol. The first-order valence-electron chi connectivity index (χ1n) is 8.61. The molecule has 0 aliphatic rings. The van der Waals surface area contributed by atoms with Crippen molar-refractivity contribution in [2.24, 2.45) is 0 Å². The normalized spacial score (nSPS) is 11.5. The van der Waals surface area contributed by atoms with Gasteiger partial charge in [-0.3, -0.25) is 0 Å². The number of benzene rings is 2. The van der Waals surface area contributed by atoms with E-state index in [-0.39, 0.29) is 21.7 Å². The van der Waals surface area contributed by atoms with Crippen molar-refractivity contribution in [1.29, 1.82) is 0 Å². The molecule has 2 aromatic carbocycles. The highest BCUT2D eigenvalue weighted by atomic mass is 35.5. The van der Waals surface area contributed by atoms with Crippen LogP contribution in [0.3, 0.4) is 0 Å². The number of rotatable bonds is 6. The smallest absolute Gasteiger partial charge is 0.229 e. The van der Waals surface area contributed by atoms with E-state index in [1.54, 1.807) is 31.5 Å². The third-order valence-corrected chi connectivity index (χ3v) is 6.76. The lowest BCUT2D eigenvalue weighted by Gasteiger charge is -2.14. The molecular formula is C19H20ClN4O3PS. The van der Waals surface area contributed by atoms with Gasteiger partial charge in [0.05, 0.1) is 16.8 Å². The second kappa shape index (κ2) is 8.53. The van der Waals surface area contributed by atoms with Crippen molar-refractivity contribution in [3.8, 4) is 0 Å². The number of aryl methyl sites for hydroxylation is 1. The van der Waals surface area contributed by atoms with Crippen LogP contribution >= 0.6 is 18.7 Å². The maximum Gasteiger partial charge on any atom is 0.229 e. The van der Waals surface area contributed by atoms with Gasteiger partial charge < -0.3 is 15.2 Å². The van der Waals surface area contributed by atoms with E-state index < -0.39 is 17.8 Å². The molecule has 0 saturated heterocycles. The number of aromatic nitrogens is 2. The van der Waals surface area contributed by atoms with E-state index in [1.165, 1.54) is 12.3 Å². The molecule has 0 aliphatic carbocycles. The molecule has 3 aromatic rings. The Hall–Kier alpha value is -2.41. The SMILES string of the molecule is Cc1cc(P(C)(C)=O)ccc1Nc1ncc(Cl)c(Nc2ccccc2[SH](=O)=O)n1. The summed E-state index contributed by atoms with van der Waals surface area (Å²) in [6, 6.07) is 12.0. The fourth-order valence-electron chi connectivity index (χ4n) is 2.62. The van der Waals surface area contributed by atoms with Gasteiger partial charge in [-0.05, 0) is 56.1 Å². The molecule has 1 heterocycles. The Morgan fingerprint density at radius 1 is 1.03 bits per heavy atom. The molecule has 0 atom stereocenters. The van der Waals surface area contributed by atoms with Crippen molar-refractivity contribution in [2.45, 2.75) is 11.8 Å². The Balaban J connectivity index is 1.90. The van der Waals surface area contributed by atoms with Gasteiger partial charge in [0.1, 0.15) is 12.2 Å². The third-order valence-electron chi connectivity index (χ3n) is 4.18. The van der Waals surface area contributed by atoms with E-state index >= 15 is 0 Å². The summed E-state index contributed by atoms with van der Waals surface area (Å²) in [6.45, 7) is 5.35. The average Bonchev–Trinajstić information content (AvgIpc) is 2.65. The summed E-state index contributed by atoms with van der Waals surface area (Å²) < 4.78 is 35.1. The minimum absolute atomic E-state index is 0.140. The van der Waals surface area contributed by atoms with Gasteiger partial charge in [0, 0.05) is 11.0 Å². The van der Waals surface area contributed by atoms with Gasteiger partial charge in [-0.2, -0.15) is 4.98 Å². The van der Waals surface area contributed by atoms with Crippen LogP contribution in [0.5, 0.6) is 0 Å². The average molecular weight is 451 g/mol. The predicted octanol–water partition coefficient (Wildman–Crippen LogP) is 4.14. The number of thiol groups is 1. The lowest BCUT2D eigenvalue weighted by molar-refractivity contribution is 0.588. The highest BCUT2D eigenvalue weighted by Gasteiger charge is 2.14. The quantitative estimate of drug-likeness (QED) is 0.383. The zero-order chi connectivity index (χ0) is 21.2. The van der Waals surface area contributed by atoms with Crippen LogP contribution in [0.4, 0.5) is 23.1 Å². The molecule has 152 valence electrons. The number of nitrogens with one attached hydrogen (secondary N) is 2. The van der Waals surface area contributed by atoms with Crippen molar-refractivity contribution in [3.05, 3.63) is 59.2 Å². The van der Waals surface area contributed by atoms with Gasteiger partial charge in [0.15, 0.2) is 16.5 Å². The number of anilines is 4. The second-order valence-electron chi connectivity index (χ2n) is 6.76. The van der Waals surface area contributed by atoms with Crippen LogP contribution in [-0.2, 0) is 15.3 Å². The van der Waals surface area contributed by atoms with E-state index in [0.717, 1.165) is 16.6 Å². The van der Waals surface area contributed by atoms with E-state index in [4.69, 9.17) is 11.6 Å². The highest BCUT2D eigenvalue weighted by Crippen LogP contribution is 2.36. The van der Waals surface area contributed by atoms with Gasteiger partial charge in [0.2, 0.25) is 5.95 Å². The van der Waals surface area contributed by atoms with E-state index in [9.17, 15) is 13.0 Å². The van der Waals surface area contributed by atoms with Gasteiger partial charge >= 0.3 is 0 Å². The Morgan fingerprint density at radius 3 is 2.41 bits per heavy atom. The topological polar surface area (TPSA) is 101 Å². The van der Waals surface area contributed by atoms with Crippen LogP contribution in [-0.4, -0.2) is 31.7 Å². The summed E-state index contributed by atoms with van der Waals surface area (Å²) in [4.78, 5) is 8.68. The van der Waals surface area contributed by atoms with Crippen molar-refractivity contribution < 1.29 is 13.0 Å². The van der Waals surface area contributed by atoms with Crippen LogP contribution in [0.1, 0.15) is 5.56 Å². The molecule has 0 aliphatic heterocycles. The Labute approximate surface area is 175 Å². The Kier molecular flexibility index (Phi) is 6.27. The molecule has 10 heteroatoms. The van der Waals surface area contributed by atoms with Crippen molar-refractivity contribution in [3.63, 3.8) is 0 Å². The van der Waals surface area contributed by atoms with Crippen molar-refractivity contribution in [2.75, 3.05) is 24.0 Å². The van der Waals surface area contributed by atoms with E-state index in [0.29, 0.717) is 5.69 Å². The number of nitrogens with zero attached hydrogens (tertiary/aromatic N) is 2. The molecule has 7 nitrogen and oxygen atoms in total. The predicted molar refractivity (Wildman–Crippen MR) is 119 cm³/mol.